The quantitative estimate of drug-likeness (QED) is 0.149. The second-order valence-corrected chi connectivity index (χ2v) is 26.9. The number of amides is 11. The second-order valence-electron chi connectivity index (χ2n) is 26.9. The Morgan fingerprint density at radius 3 is 1.24 bits per heavy atom. The lowest BCUT2D eigenvalue weighted by Gasteiger charge is -2.41. The molecular formula is C63H113N11O13. The summed E-state index contributed by atoms with van der Waals surface area (Å²) < 4.78 is 0. The summed E-state index contributed by atoms with van der Waals surface area (Å²) in [6, 6.07) is -13.9. The molecule has 1 heterocycles. The molecule has 13 atom stereocenters. The number of Topliss-reactive ketones (excluding diaryl/α,β-unsaturated/α-hetero) is 1. The molecule has 0 bridgehead atoms. The van der Waals surface area contributed by atoms with Crippen LogP contribution in [0.4, 0.5) is 0 Å². The van der Waals surface area contributed by atoms with Gasteiger partial charge in [0.15, 0.2) is 0 Å². The van der Waals surface area contributed by atoms with Crippen molar-refractivity contribution in [1.82, 2.24) is 55.6 Å². The molecule has 1 rings (SSSR count). The Bertz CT molecular complexity index is 2400. The van der Waals surface area contributed by atoms with Crippen molar-refractivity contribution in [1.29, 1.82) is 0 Å². The molecule has 0 radical (unpaired) electrons. The summed E-state index contributed by atoms with van der Waals surface area (Å²) in [5, 5.41) is 23.1. The number of aliphatic hydroxyl groups excluding tert-OH is 1. The number of nitrogens with one attached hydrogen (secondary N) is 4. The Balaban J connectivity index is 4.39. The highest BCUT2D eigenvalue weighted by atomic mass is 16.3. The van der Waals surface area contributed by atoms with Gasteiger partial charge in [-0.3, -0.25) is 52.7 Å². The van der Waals surface area contributed by atoms with Crippen molar-refractivity contribution in [3.63, 3.8) is 0 Å². The van der Waals surface area contributed by atoms with Crippen LogP contribution in [0.1, 0.15) is 170 Å². The molecule has 0 spiro atoms. The lowest BCUT2D eigenvalue weighted by molar-refractivity contribution is -0.157. The fourth-order valence-electron chi connectivity index (χ4n) is 11.0. The van der Waals surface area contributed by atoms with E-state index >= 15 is 9.59 Å². The van der Waals surface area contributed by atoms with Gasteiger partial charge in [0, 0.05) is 55.8 Å². The molecule has 1 aliphatic heterocycles. The molecule has 0 aromatic heterocycles. The average Bonchev–Trinajstić information content (AvgIpc) is 1.41. The molecular weight excluding hydrogens is 1120 g/mol. The van der Waals surface area contributed by atoms with Gasteiger partial charge in [-0.1, -0.05) is 96.9 Å². The molecule has 0 aliphatic carbocycles. The molecule has 0 aromatic carbocycles. The van der Waals surface area contributed by atoms with Crippen molar-refractivity contribution in [2.45, 2.75) is 242 Å². The molecule has 0 aromatic rings. The topological polar surface area (TPSA) is 296 Å². The Morgan fingerprint density at radius 1 is 0.425 bits per heavy atom. The molecule has 87 heavy (non-hydrogen) atoms. The van der Waals surface area contributed by atoms with Crippen LogP contribution in [0, 0.1) is 41.4 Å². The average molecular weight is 1230 g/mol. The molecule has 24 heteroatoms. The zero-order valence-corrected chi connectivity index (χ0v) is 57.4. The van der Waals surface area contributed by atoms with E-state index < -0.39 is 155 Å². The standard InChI is InChI=1S/C63H113N11O13/c1-26-44-59(83)68(19)43(18)58(82)69(20)46(30-34(4)5)55(79)67-49(37(10)11)62(86)70(21)45(29-33(2)3)54(78)64-41(16)53(77)65-42(17)57(81)71(22)47(31-35(6)7)60(84)72(23)48(32-36(8)9)61(85)73(24)50(38(12)13)63(87)74(25)51(56(80)66-44)52(76)39(14)27-28-40(15)75/h33-39,41-52,76H,26-32H2,1-25H3,(H,64,78)(H,65,77)(H,66,80)(H,67,79)/t39-,41+,42-,43-,44+,45+,46+,47+,48+,49+,50+,51+,52-/m1/s1. The largest absolute Gasteiger partial charge is 0.390 e. The molecule has 0 unspecified atom stereocenters. The van der Waals surface area contributed by atoms with Crippen molar-refractivity contribution >= 4 is 70.8 Å². The Kier molecular flexibility index (Phi) is 31.8. The van der Waals surface area contributed by atoms with Gasteiger partial charge in [-0.25, -0.2) is 0 Å². The van der Waals surface area contributed by atoms with E-state index in [9.17, 15) is 53.1 Å². The Hall–Kier alpha value is -6.20. The first-order valence-corrected chi connectivity index (χ1v) is 31.3. The summed E-state index contributed by atoms with van der Waals surface area (Å²) in [6.07, 6.45) is -0.923. The summed E-state index contributed by atoms with van der Waals surface area (Å²) in [4.78, 5) is 182. The number of carbonyl (C=O) groups is 12. The van der Waals surface area contributed by atoms with E-state index in [1.54, 1.807) is 41.5 Å². The first-order valence-electron chi connectivity index (χ1n) is 31.3. The van der Waals surface area contributed by atoms with E-state index in [1.165, 1.54) is 102 Å². The van der Waals surface area contributed by atoms with Gasteiger partial charge in [0.1, 0.15) is 72.2 Å². The van der Waals surface area contributed by atoms with Gasteiger partial charge in [-0.15, -0.1) is 0 Å². The lowest BCUT2D eigenvalue weighted by Crippen LogP contribution is -2.64. The maximum atomic E-state index is 15.2. The third-order valence-corrected chi connectivity index (χ3v) is 16.8. The normalized spacial score (nSPS) is 27.3. The number of carbonyl (C=O) groups excluding carboxylic acids is 12. The summed E-state index contributed by atoms with van der Waals surface area (Å²) in [6.45, 7) is 30.6. The minimum Gasteiger partial charge on any atom is -0.390 e. The third-order valence-electron chi connectivity index (χ3n) is 16.8. The highest BCUT2D eigenvalue weighted by Gasteiger charge is 2.46. The fraction of sp³-hybridized carbons (Fsp3) is 0.810. The summed E-state index contributed by atoms with van der Waals surface area (Å²) in [7, 11) is 9.80. The smallest absolute Gasteiger partial charge is 0.246 e. The van der Waals surface area contributed by atoms with Crippen molar-refractivity contribution in [2.75, 3.05) is 49.3 Å². The molecule has 1 aliphatic rings. The van der Waals surface area contributed by atoms with Crippen LogP contribution < -0.4 is 21.3 Å². The molecule has 24 nitrogen and oxygen atoms in total. The molecule has 498 valence electrons. The van der Waals surface area contributed by atoms with Gasteiger partial charge in [-0.2, -0.15) is 0 Å². The highest BCUT2D eigenvalue weighted by molar-refractivity contribution is 6.00. The third kappa shape index (κ3) is 21.8. The van der Waals surface area contributed by atoms with E-state index in [0.717, 1.165) is 9.80 Å². The number of likely N-dealkylation sites (N-methyl/N-ethyl adjacent to an activating group) is 7. The van der Waals surface area contributed by atoms with Gasteiger partial charge in [0.05, 0.1) is 6.10 Å². The first-order chi connectivity index (χ1) is 40.0. The van der Waals surface area contributed by atoms with Gasteiger partial charge < -0.3 is 65.5 Å². The predicted octanol–water partition coefficient (Wildman–Crippen LogP) is 3.06. The van der Waals surface area contributed by atoms with Crippen LogP contribution in [0.25, 0.3) is 0 Å². The number of nitrogens with zero attached hydrogens (tertiary/aromatic N) is 7. The number of hydrogen-bond acceptors (Lipinski definition) is 13. The van der Waals surface area contributed by atoms with E-state index in [1.807, 2.05) is 55.4 Å². The zero-order valence-electron chi connectivity index (χ0n) is 57.4. The van der Waals surface area contributed by atoms with Gasteiger partial charge in [0.25, 0.3) is 0 Å². The fourth-order valence-corrected chi connectivity index (χ4v) is 11.0. The molecule has 11 amide bonds. The monoisotopic (exact) mass is 1230 g/mol. The molecule has 5 N–H and O–H groups in total. The van der Waals surface area contributed by atoms with Gasteiger partial charge in [0.2, 0.25) is 65.0 Å². The summed E-state index contributed by atoms with van der Waals surface area (Å²) >= 11 is 0. The second kappa shape index (κ2) is 35.1. The van der Waals surface area contributed by atoms with Crippen LogP contribution >= 0.6 is 0 Å². The van der Waals surface area contributed by atoms with E-state index in [0.29, 0.717) is 0 Å². The Morgan fingerprint density at radius 2 is 0.816 bits per heavy atom. The van der Waals surface area contributed by atoms with Crippen LogP contribution in [0.2, 0.25) is 0 Å². The first kappa shape index (κ1) is 78.8. The van der Waals surface area contributed by atoms with Crippen molar-refractivity contribution in [3.8, 4) is 0 Å². The molecule has 1 saturated heterocycles. The number of rotatable bonds is 16. The summed E-state index contributed by atoms with van der Waals surface area (Å²) in [5.74, 6) is -10.5. The van der Waals surface area contributed by atoms with Crippen molar-refractivity contribution < 1.29 is 62.6 Å². The highest BCUT2D eigenvalue weighted by Crippen LogP contribution is 2.26. The van der Waals surface area contributed by atoms with E-state index in [4.69, 9.17) is 0 Å². The predicted molar refractivity (Wildman–Crippen MR) is 334 cm³/mol. The van der Waals surface area contributed by atoms with Crippen LogP contribution in [-0.2, 0) is 57.5 Å². The zero-order chi connectivity index (χ0) is 67.7. The van der Waals surface area contributed by atoms with E-state index in [-0.39, 0.29) is 74.4 Å². The van der Waals surface area contributed by atoms with Crippen LogP contribution in [0.3, 0.4) is 0 Å². The Labute approximate surface area is 520 Å². The molecule has 0 saturated carbocycles. The summed E-state index contributed by atoms with van der Waals surface area (Å²) in [5.41, 5.74) is 0. The molecule has 1 fully saturated rings. The number of aliphatic hydroxyl groups is 1. The maximum Gasteiger partial charge on any atom is 0.246 e. The minimum atomic E-state index is -1.70. The minimum absolute atomic E-state index is 0.0203. The number of ketones is 1. The van der Waals surface area contributed by atoms with Crippen LogP contribution in [-0.4, -0.2) is 232 Å². The van der Waals surface area contributed by atoms with Gasteiger partial charge in [-0.05, 0) is 108 Å². The number of hydrogen-bond donors (Lipinski definition) is 5. The maximum absolute atomic E-state index is 15.2. The van der Waals surface area contributed by atoms with Crippen LogP contribution in [0.15, 0.2) is 0 Å². The SMILES string of the molecule is CC[C@@H]1NC(=O)[C@H]([C@H](O)[C@H](C)CCC(C)=O)N(C)C(=O)[C@H](C(C)C)N(C)C(=O)[C@H](CC(C)C)N(C)C(=O)[C@H](CC(C)C)N(C)C(=O)[C@@H](C)NC(=O)[C@H](C)NC(=O)[C@H](CC(C)C)N(C)C(=O)[C@H](C(C)C)NC(=O)[C@H](CC(C)C)N(C)C(=O)[C@@H](C)N(C)C1=O. The van der Waals surface area contributed by atoms with Crippen molar-refractivity contribution in [3.05, 3.63) is 0 Å². The van der Waals surface area contributed by atoms with E-state index in [2.05, 4.69) is 21.3 Å². The van der Waals surface area contributed by atoms with Crippen LogP contribution in [0.5, 0.6) is 0 Å². The van der Waals surface area contributed by atoms with Gasteiger partial charge >= 0.3 is 0 Å². The lowest BCUT2D eigenvalue weighted by atomic mass is 9.90. The van der Waals surface area contributed by atoms with Crippen molar-refractivity contribution in [2.24, 2.45) is 41.4 Å².